The number of hydrogen-bond donors (Lipinski definition) is 1. The van der Waals surface area contributed by atoms with E-state index in [0.717, 1.165) is 12.8 Å². The number of ether oxygens (including phenoxy) is 1. The van der Waals surface area contributed by atoms with Crippen LogP contribution in [0.15, 0.2) is 12.1 Å². The van der Waals surface area contributed by atoms with Crippen molar-refractivity contribution in [3.05, 3.63) is 28.8 Å². The fraction of sp³-hybridized carbons (Fsp3) is 0.579. The molecular formula is C19H22F3NO3. The van der Waals surface area contributed by atoms with Crippen molar-refractivity contribution in [3.63, 3.8) is 0 Å². The monoisotopic (exact) mass is 369 g/mol. The molecule has 0 aromatic heterocycles. The summed E-state index contributed by atoms with van der Waals surface area (Å²) in [6, 6.07) is 2.69. The van der Waals surface area contributed by atoms with Gasteiger partial charge in [0.05, 0.1) is 5.54 Å². The minimum Gasteiger partial charge on any atom is -0.431 e. The van der Waals surface area contributed by atoms with E-state index in [2.05, 4.69) is 10.1 Å². The Kier molecular flexibility index (Phi) is 4.53. The molecule has 7 heteroatoms. The maximum atomic E-state index is 13.2. The second kappa shape index (κ2) is 6.28. The first kappa shape index (κ1) is 18.7. The van der Waals surface area contributed by atoms with E-state index in [-0.39, 0.29) is 23.4 Å². The van der Waals surface area contributed by atoms with Gasteiger partial charge in [0.1, 0.15) is 11.7 Å². The SMILES string of the molecule is CCc1cc(OC(F)(F)CF)cc(C)c1C1C(=O)NC(C)(C2CC2)C1=O. The molecule has 142 valence electrons. The lowest BCUT2D eigenvalue weighted by molar-refractivity contribution is -0.186. The molecule has 1 saturated heterocycles. The quantitative estimate of drug-likeness (QED) is 0.782. The smallest absolute Gasteiger partial charge is 0.427 e. The van der Waals surface area contributed by atoms with Crippen molar-refractivity contribution in [3.8, 4) is 5.75 Å². The number of rotatable bonds is 6. The standard InChI is InChI=1S/C19H22F3NO3/c1-4-11-8-13(26-19(21,22)9-20)7-10(2)14(11)15-16(24)18(3,12-5-6-12)23-17(15)25/h7-8,12,15H,4-6,9H2,1-3H3,(H,23,25). The Labute approximate surface area is 150 Å². The minimum absolute atomic E-state index is 0.153. The van der Waals surface area contributed by atoms with Crippen molar-refractivity contribution in [2.75, 3.05) is 6.67 Å². The van der Waals surface area contributed by atoms with E-state index in [1.807, 2.05) is 0 Å². The molecule has 0 spiro atoms. The van der Waals surface area contributed by atoms with E-state index in [9.17, 15) is 22.8 Å². The molecule has 1 aromatic carbocycles. The lowest BCUT2D eigenvalue weighted by Gasteiger charge is -2.23. The maximum absolute atomic E-state index is 13.2. The molecule has 1 aliphatic heterocycles. The Bertz CT molecular complexity index is 761. The van der Waals surface area contributed by atoms with Gasteiger partial charge in [0.15, 0.2) is 12.5 Å². The van der Waals surface area contributed by atoms with Crippen LogP contribution in [0.4, 0.5) is 13.2 Å². The predicted molar refractivity (Wildman–Crippen MR) is 89.1 cm³/mol. The topological polar surface area (TPSA) is 55.4 Å². The number of halogens is 3. The Morgan fingerprint density at radius 2 is 1.96 bits per heavy atom. The van der Waals surface area contributed by atoms with Gasteiger partial charge in [0.2, 0.25) is 5.91 Å². The summed E-state index contributed by atoms with van der Waals surface area (Å²) < 4.78 is 43.2. The van der Waals surface area contributed by atoms with Crippen LogP contribution in [0.2, 0.25) is 0 Å². The highest BCUT2D eigenvalue weighted by molar-refractivity contribution is 6.17. The highest BCUT2D eigenvalue weighted by atomic mass is 19.3. The molecule has 2 unspecified atom stereocenters. The molecule has 1 heterocycles. The van der Waals surface area contributed by atoms with E-state index in [4.69, 9.17) is 0 Å². The van der Waals surface area contributed by atoms with E-state index in [1.54, 1.807) is 20.8 Å². The summed E-state index contributed by atoms with van der Waals surface area (Å²) in [4.78, 5) is 25.6. The summed E-state index contributed by atoms with van der Waals surface area (Å²) in [6.45, 7) is 3.26. The lowest BCUT2D eigenvalue weighted by atomic mass is 9.81. The van der Waals surface area contributed by atoms with Gasteiger partial charge in [-0.3, -0.25) is 9.59 Å². The fourth-order valence-corrected chi connectivity index (χ4v) is 3.83. The lowest BCUT2D eigenvalue weighted by Crippen LogP contribution is -2.45. The van der Waals surface area contributed by atoms with Crippen LogP contribution < -0.4 is 10.1 Å². The Morgan fingerprint density at radius 3 is 2.50 bits per heavy atom. The van der Waals surface area contributed by atoms with Crippen LogP contribution in [0.3, 0.4) is 0 Å². The summed E-state index contributed by atoms with van der Waals surface area (Å²) in [6.07, 6.45) is -1.68. The van der Waals surface area contributed by atoms with Crippen LogP contribution in [0.25, 0.3) is 0 Å². The Balaban J connectivity index is 2.00. The third-order valence-corrected chi connectivity index (χ3v) is 5.35. The summed E-state index contributed by atoms with van der Waals surface area (Å²) in [5.74, 6) is -1.51. The number of ketones is 1. The van der Waals surface area contributed by atoms with Crippen LogP contribution in [-0.4, -0.2) is 30.0 Å². The van der Waals surface area contributed by atoms with Gasteiger partial charge < -0.3 is 10.1 Å². The number of aryl methyl sites for hydroxylation is 2. The number of amides is 1. The molecule has 0 radical (unpaired) electrons. The summed E-state index contributed by atoms with van der Waals surface area (Å²) in [5.41, 5.74) is 0.747. The highest BCUT2D eigenvalue weighted by Gasteiger charge is 2.57. The van der Waals surface area contributed by atoms with Crippen LogP contribution in [0.5, 0.6) is 5.75 Å². The molecule has 3 rings (SSSR count). The van der Waals surface area contributed by atoms with Gasteiger partial charge in [0, 0.05) is 0 Å². The van der Waals surface area contributed by atoms with Gasteiger partial charge in [-0.05, 0) is 67.9 Å². The Morgan fingerprint density at radius 1 is 1.31 bits per heavy atom. The average Bonchev–Trinajstić information content (AvgIpc) is 3.38. The summed E-state index contributed by atoms with van der Waals surface area (Å²) in [7, 11) is 0. The molecule has 4 nitrogen and oxygen atoms in total. The first-order valence-electron chi connectivity index (χ1n) is 8.75. The predicted octanol–water partition coefficient (Wildman–Crippen LogP) is 3.45. The highest BCUT2D eigenvalue weighted by Crippen LogP contribution is 2.46. The van der Waals surface area contributed by atoms with Crippen molar-refractivity contribution >= 4 is 11.7 Å². The third-order valence-electron chi connectivity index (χ3n) is 5.35. The number of nitrogens with one attached hydrogen (secondary N) is 1. The van der Waals surface area contributed by atoms with E-state index >= 15 is 0 Å². The molecule has 1 saturated carbocycles. The van der Waals surface area contributed by atoms with Crippen molar-refractivity contribution < 1.29 is 27.5 Å². The molecule has 1 aromatic rings. The van der Waals surface area contributed by atoms with Gasteiger partial charge in [-0.15, -0.1) is 0 Å². The number of hydrogen-bond acceptors (Lipinski definition) is 3. The summed E-state index contributed by atoms with van der Waals surface area (Å²) in [5, 5.41) is 2.84. The van der Waals surface area contributed by atoms with Crippen LogP contribution in [-0.2, 0) is 16.0 Å². The van der Waals surface area contributed by atoms with Crippen molar-refractivity contribution in [2.45, 2.75) is 57.6 Å². The maximum Gasteiger partial charge on any atom is 0.427 e. The molecule has 26 heavy (non-hydrogen) atoms. The molecule has 1 N–H and O–H groups in total. The fourth-order valence-electron chi connectivity index (χ4n) is 3.83. The minimum atomic E-state index is -3.91. The van der Waals surface area contributed by atoms with Crippen molar-refractivity contribution in [1.82, 2.24) is 5.32 Å². The van der Waals surface area contributed by atoms with Crippen LogP contribution >= 0.6 is 0 Å². The number of benzene rings is 1. The van der Waals surface area contributed by atoms with E-state index in [0.29, 0.717) is 23.1 Å². The number of Topliss-reactive ketones (excluding diaryl/α,β-unsaturated/α-hetero) is 1. The third kappa shape index (κ3) is 3.08. The van der Waals surface area contributed by atoms with Crippen molar-refractivity contribution in [1.29, 1.82) is 0 Å². The van der Waals surface area contributed by atoms with Gasteiger partial charge >= 0.3 is 6.11 Å². The molecule has 2 fully saturated rings. The number of carbonyl (C=O) groups excluding carboxylic acids is 2. The molecule has 2 atom stereocenters. The van der Waals surface area contributed by atoms with Crippen molar-refractivity contribution in [2.24, 2.45) is 5.92 Å². The van der Waals surface area contributed by atoms with Crippen LogP contribution in [0, 0.1) is 12.8 Å². The normalized spacial score (nSPS) is 26.2. The van der Waals surface area contributed by atoms with Gasteiger partial charge in [0.25, 0.3) is 0 Å². The summed E-state index contributed by atoms with van der Waals surface area (Å²) >= 11 is 0. The molecule has 2 aliphatic rings. The second-order valence-corrected chi connectivity index (χ2v) is 7.30. The molecule has 1 aliphatic carbocycles. The average molecular weight is 369 g/mol. The zero-order valence-electron chi connectivity index (χ0n) is 15.0. The first-order chi connectivity index (χ1) is 12.1. The zero-order valence-corrected chi connectivity index (χ0v) is 15.0. The zero-order chi connectivity index (χ0) is 19.3. The molecular weight excluding hydrogens is 347 g/mol. The van der Waals surface area contributed by atoms with Gasteiger partial charge in [-0.25, -0.2) is 4.39 Å². The van der Waals surface area contributed by atoms with Crippen LogP contribution in [0.1, 0.15) is 49.3 Å². The van der Waals surface area contributed by atoms with Gasteiger partial charge in [-0.2, -0.15) is 8.78 Å². The number of carbonyl (C=O) groups is 2. The molecule has 0 bridgehead atoms. The van der Waals surface area contributed by atoms with E-state index in [1.165, 1.54) is 12.1 Å². The molecule has 1 amide bonds. The number of alkyl halides is 3. The largest absolute Gasteiger partial charge is 0.431 e. The first-order valence-corrected chi connectivity index (χ1v) is 8.75. The van der Waals surface area contributed by atoms with Gasteiger partial charge in [-0.1, -0.05) is 6.92 Å². The Hall–Kier alpha value is -2.05. The van der Waals surface area contributed by atoms with E-state index < -0.39 is 24.2 Å². The second-order valence-electron chi connectivity index (χ2n) is 7.30.